The van der Waals surface area contributed by atoms with Gasteiger partial charge < -0.3 is 9.30 Å². The van der Waals surface area contributed by atoms with Crippen LogP contribution in [-0.4, -0.2) is 55.9 Å². The van der Waals surface area contributed by atoms with Crippen molar-refractivity contribution in [1.29, 1.82) is 0 Å². The van der Waals surface area contributed by atoms with Gasteiger partial charge in [-0.2, -0.15) is 0 Å². The molecule has 1 heterocycles. The van der Waals surface area contributed by atoms with E-state index in [2.05, 4.69) is 30.7 Å². The van der Waals surface area contributed by atoms with Crippen LogP contribution in [0.4, 0.5) is 0 Å². The molecule has 0 radical (unpaired) electrons. The van der Waals surface area contributed by atoms with Crippen molar-refractivity contribution in [3.8, 4) is 0 Å². The van der Waals surface area contributed by atoms with E-state index in [9.17, 15) is 8.42 Å². The van der Waals surface area contributed by atoms with Crippen LogP contribution in [0.25, 0.3) is 0 Å². The van der Waals surface area contributed by atoms with E-state index in [-0.39, 0.29) is 10.9 Å². The van der Waals surface area contributed by atoms with Crippen LogP contribution in [0.1, 0.15) is 52.1 Å². The van der Waals surface area contributed by atoms with Crippen LogP contribution < -0.4 is 0 Å². The number of imidazole rings is 1. The molecule has 1 aromatic rings. The first kappa shape index (κ1) is 22.1. The summed E-state index contributed by atoms with van der Waals surface area (Å²) in [6.45, 7) is 9.15. The summed E-state index contributed by atoms with van der Waals surface area (Å²) in [6.07, 6.45) is 5.28. The molecule has 6 nitrogen and oxygen atoms in total. The summed E-state index contributed by atoms with van der Waals surface area (Å²) in [7, 11) is 0.348. The van der Waals surface area contributed by atoms with Crippen molar-refractivity contribution >= 4 is 9.84 Å². The highest BCUT2D eigenvalue weighted by Crippen LogP contribution is 2.18. The molecule has 0 N–H and O–H groups in total. The predicted molar refractivity (Wildman–Crippen MR) is 101 cm³/mol. The van der Waals surface area contributed by atoms with Crippen LogP contribution in [0.2, 0.25) is 0 Å². The molecule has 0 aliphatic carbocycles. The molecule has 0 aliphatic heterocycles. The van der Waals surface area contributed by atoms with Gasteiger partial charge in [0, 0.05) is 26.7 Å². The van der Waals surface area contributed by atoms with Crippen molar-refractivity contribution in [1.82, 2.24) is 14.5 Å². The summed E-state index contributed by atoms with van der Waals surface area (Å²) in [6, 6.07) is 0. The van der Waals surface area contributed by atoms with Gasteiger partial charge in [0.25, 0.3) is 0 Å². The summed E-state index contributed by atoms with van der Waals surface area (Å²) >= 11 is 0. The lowest BCUT2D eigenvalue weighted by Crippen LogP contribution is -2.24. The fraction of sp³-hybridized carbons (Fsp3) is 0.833. The van der Waals surface area contributed by atoms with E-state index in [4.69, 9.17) is 4.74 Å². The van der Waals surface area contributed by atoms with E-state index < -0.39 is 9.84 Å². The molecule has 0 spiro atoms. The van der Waals surface area contributed by atoms with Gasteiger partial charge in [-0.1, -0.05) is 27.2 Å². The number of sulfone groups is 1. The molecular formula is C18H35N3O3S. The molecule has 0 bridgehead atoms. The largest absolute Gasteiger partial charge is 0.383 e. The quantitative estimate of drug-likeness (QED) is 0.532. The first-order chi connectivity index (χ1) is 11.8. The number of aromatic nitrogens is 2. The summed E-state index contributed by atoms with van der Waals surface area (Å²) < 4.78 is 32.5. The van der Waals surface area contributed by atoms with Gasteiger partial charge in [-0.15, -0.1) is 0 Å². The minimum absolute atomic E-state index is 0.174. The van der Waals surface area contributed by atoms with Crippen molar-refractivity contribution < 1.29 is 13.2 Å². The maximum absolute atomic E-state index is 12.8. The van der Waals surface area contributed by atoms with Crippen LogP contribution in [0.3, 0.4) is 0 Å². The second-order valence-corrected chi connectivity index (χ2v) is 9.13. The highest BCUT2D eigenvalue weighted by atomic mass is 32.2. The molecule has 0 atom stereocenters. The predicted octanol–water partition coefficient (Wildman–Crippen LogP) is 2.97. The van der Waals surface area contributed by atoms with Gasteiger partial charge in [-0.05, 0) is 32.2 Å². The fourth-order valence-electron chi connectivity index (χ4n) is 2.70. The Morgan fingerprint density at radius 3 is 2.64 bits per heavy atom. The van der Waals surface area contributed by atoms with Crippen molar-refractivity contribution in [2.24, 2.45) is 5.92 Å². The van der Waals surface area contributed by atoms with E-state index >= 15 is 0 Å². The number of likely N-dealkylation sites (N-methyl/N-ethyl adjacent to an activating group) is 1. The molecule has 7 heteroatoms. The van der Waals surface area contributed by atoms with E-state index in [1.807, 2.05) is 11.6 Å². The standard InChI is InChI=1S/C18H35N3O3S/c1-6-7-10-21-17(15-20(4)11-12-24-5)14-19-18(21)25(22,23)13-8-9-16(2)3/h14,16H,6-13,15H2,1-5H3. The summed E-state index contributed by atoms with van der Waals surface area (Å²) in [5, 5.41) is 0.236. The fourth-order valence-corrected chi connectivity index (χ4v) is 4.18. The van der Waals surface area contributed by atoms with Crippen LogP contribution >= 0.6 is 0 Å². The Bertz CT molecular complexity index is 597. The average molecular weight is 374 g/mol. The Kier molecular flexibility index (Phi) is 9.67. The molecule has 1 rings (SSSR count). The number of methoxy groups -OCH3 is 1. The van der Waals surface area contributed by atoms with Crippen molar-refractivity contribution in [2.75, 3.05) is 33.1 Å². The molecular weight excluding hydrogens is 338 g/mol. The number of rotatable bonds is 13. The van der Waals surface area contributed by atoms with E-state index in [0.717, 1.165) is 31.5 Å². The number of hydrogen-bond acceptors (Lipinski definition) is 5. The lowest BCUT2D eigenvalue weighted by atomic mass is 10.1. The van der Waals surface area contributed by atoms with E-state index in [0.29, 0.717) is 32.0 Å². The van der Waals surface area contributed by atoms with Gasteiger partial charge in [0.05, 0.1) is 24.3 Å². The van der Waals surface area contributed by atoms with Gasteiger partial charge >= 0.3 is 0 Å². The Morgan fingerprint density at radius 1 is 1.32 bits per heavy atom. The Balaban J connectivity index is 2.94. The minimum atomic E-state index is -3.34. The van der Waals surface area contributed by atoms with E-state index in [1.165, 1.54) is 0 Å². The van der Waals surface area contributed by atoms with Crippen LogP contribution in [0.5, 0.6) is 0 Å². The molecule has 1 aromatic heterocycles. The average Bonchev–Trinajstić information content (AvgIpc) is 2.93. The molecule has 0 saturated heterocycles. The first-order valence-electron chi connectivity index (χ1n) is 9.26. The number of unbranched alkanes of at least 4 members (excludes halogenated alkanes) is 1. The number of hydrogen-bond donors (Lipinski definition) is 0. The molecule has 0 unspecified atom stereocenters. The van der Waals surface area contributed by atoms with Crippen LogP contribution in [0.15, 0.2) is 11.4 Å². The second kappa shape index (κ2) is 10.9. The van der Waals surface area contributed by atoms with Gasteiger partial charge in [0.1, 0.15) is 0 Å². The maximum atomic E-state index is 12.8. The van der Waals surface area contributed by atoms with Crippen LogP contribution in [-0.2, 0) is 27.7 Å². The molecule has 0 aromatic carbocycles. The Hall–Kier alpha value is -0.920. The monoisotopic (exact) mass is 373 g/mol. The van der Waals surface area contributed by atoms with E-state index in [1.54, 1.807) is 13.3 Å². The zero-order valence-corrected chi connectivity index (χ0v) is 17.3. The molecule has 146 valence electrons. The highest BCUT2D eigenvalue weighted by Gasteiger charge is 2.23. The first-order valence-corrected chi connectivity index (χ1v) is 10.9. The second-order valence-electron chi connectivity index (χ2n) is 7.12. The Labute approximate surface area is 153 Å². The van der Waals surface area contributed by atoms with Gasteiger partial charge in [-0.25, -0.2) is 13.4 Å². The molecule has 0 fully saturated rings. The minimum Gasteiger partial charge on any atom is -0.383 e. The highest BCUT2D eigenvalue weighted by molar-refractivity contribution is 7.91. The summed E-state index contributed by atoms with van der Waals surface area (Å²) in [5.74, 6) is 0.688. The smallest absolute Gasteiger partial charge is 0.227 e. The summed E-state index contributed by atoms with van der Waals surface area (Å²) in [4.78, 5) is 6.41. The zero-order chi connectivity index (χ0) is 18.9. The SMILES string of the molecule is CCCCn1c(CN(C)CCOC)cnc1S(=O)(=O)CCCC(C)C. The van der Waals surface area contributed by atoms with Crippen LogP contribution in [0, 0.1) is 5.92 Å². The van der Waals surface area contributed by atoms with Crippen molar-refractivity contribution in [2.45, 2.75) is 64.7 Å². The van der Waals surface area contributed by atoms with Crippen molar-refractivity contribution in [3.05, 3.63) is 11.9 Å². The number of ether oxygens (including phenoxy) is 1. The summed E-state index contributed by atoms with van der Waals surface area (Å²) in [5.41, 5.74) is 0.953. The topological polar surface area (TPSA) is 64.4 Å². The maximum Gasteiger partial charge on any atom is 0.227 e. The lowest BCUT2D eigenvalue weighted by Gasteiger charge is -2.18. The molecule has 0 saturated carbocycles. The molecule has 0 amide bonds. The number of nitrogens with zero attached hydrogens (tertiary/aromatic N) is 3. The van der Waals surface area contributed by atoms with Gasteiger partial charge in [0.15, 0.2) is 0 Å². The zero-order valence-electron chi connectivity index (χ0n) is 16.5. The third-order valence-electron chi connectivity index (χ3n) is 4.22. The Morgan fingerprint density at radius 2 is 2.04 bits per heavy atom. The normalized spacial score (nSPS) is 12.4. The molecule has 25 heavy (non-hydrogen) atoms. The lowest BCUT2D eigenvalue weighted by molar-refractivity contribution is 0.157. The third kappa shape index (κ3) is 7.46. The van der Waals surface area contributed by atoms with Gasteiger partial charge in [0.2, 0.25) is 15.0 Å². The third-order valence-corrected chi connectivity index (χ3v) is 5.93. The van der Waals surface area contributed by atoms with Gasteiger partial charge in [-0.3, -0.25) is 4.90 Å². The van der Waals surface area contributed by atoms with Crippen molar-refractivity contribution in [3.63, 3.8) is 0 Å². The molecule has 0 aliphatic rings.